The Kier molecular flexibility index (Phi) is 7.26. The Balaban J connectivity index is 2.05. The summed E-state index contributed by atoms with van der Waals surface area (Å²) >= 11 is 0. The van der Waals surface area contributed by atoms with Crippen LogP contribution in [0.1, 0.15) is 22.3 Å². The third-order valence-corrected chi connectivity index (χ3v) is 5.03. The van der Waals surface area contributed by atoms with Gasteiger partial charge in [0.15, 0.2) is 0 Å². The molecule has 0 aromatic heterocycles. The lowest BCUT2D eigenvalue weighted by Crippen LogP contribution is -2.26. The summed E-state index contributed by atoms with van der Waals surface area (Å²) in [7, 11) is -2.30. The molecule has 0 saturated carbocycles. The number of ether oxygens (including phenoxy) is 1. The number of hydrogen-bond acceptors (Lipinski definition) is 4. The Labute approximate surface area is 152 Å². The number of amides is 1. The van der Waals surface area contributed by atoms with Gasteiger partial charge in [-0.1, -0.05) is 24.3 Å². The van der Waals surface area contributed by atoms with Crippen LogP contribution < -0.4 is 10.0 Å². The first kappa shape index (κ1) is 20.0. The molecular weight excluding hydrogens is 359 g/mol. The molecule has 8 heteroatoms. The van der Waals surface area contributed by atoms with Gasteiger partial charge in [-0.2, -0.15) is 0 Å². The summed E-state index contributed by atoms with van der Waals surface area (Å²) in [5.41, 5.74) is 0.472. The number of rotatable bonds is 9. The van der Waals surface area contributed by atoms with Crippen LogP contribution in [0, 0.1) is 5.82 Å². The first-order chi connectivity index (χ1) is 12.4. The molecule has 0 aliphatic rings. The zero-order valence-corrected chi connectivity index (χ0v) is 15.2. The Bertz CT molecular complexity index is 856. The molecule has 0 heterocycles. The van der Waals surface area contributed by atoms with Crippen LogP contribution in [0.15, 0.2) is 53.4 Å². The molecule has 26 heavy (non-hydrogen) atoms. The Morgan fingerprint density at radius 3 is 2.65 bits per heavy atom. The number of methoxy groups -OCH3 is 1. The van der Waals surface area contributed by atoms with Crippen molar-refractivity contribution >= 4 is 15.9 Å². The van der Waals surface area contributed by atoms with E-state index >= 15 is 0 Å². The minimum absolute atomic E-state index is 0.0571. The van der Waals surface area contributed by atoms with Crippen molar-refractivity contribution in [3.05, 3.63) is 65.5 Å². The lowest BCUT2D eigenvalue weighted by atomic mass is 10.2. The fraction of sp³-hybridized carbons (Fsp3) is 0.278. The van der Waals surface area contributed by atoms with Gasteiger partial charge >= 0.3 is 0 Å². The highest BCUT2D eigenvalue weighted by Crippen LogP contribution is 2.13. The molecule has 0 spiro atoms. The van der Waals surface area contributed by atoms with E-state index in [4.69, 9.17) is 4.74 Å². The van der Waals surface area contributed by atoms with Crippen LogP contribution in [-0.4, -0.2) is 34.6 Å². The standard InChI is InChI=1S/C18H21FN2O4S/c1-25-11-5-10-20-18(22)14-7-4-8-16(12-14)26(23,24)21-13-15-6-2-3-9-17(15)19/h2-4,6-9,12,21H,5,10-11,13H2,1H3,(H,20,22). The maximum atomic E-state index is 13.6. The molecule has 2 N–H and O–H groups in total. The van der Waals surface area contributed by atoms with Crippen LogP contribution in [-0.2, 0) is 21.3 Å². The summed E-state index contributed by atoms with van der Waals surface area (Å²) in [6.07, 6.45) is 0.657. The smallest absolute Gasteiger partial charge is 0.251 e. The number of carbonyl (C=O) groups is 1. The van der Waals surface area contributed by atoms with Crippen LogP contribution in [0.3, 0.4) is 0 Å². The second-order valence-electron chi connectivity index (χ2n) is 5.55. The number of hydrogen-bond donors (Lipinski definition) is 2. The summed E-state index contributed by atoms with van der Waals surface area (Å²) in [4.78, 5) is 12.0. The topological polar surface area (TPSA) is 84.5 Å². The van der Waals surface area contributed by atoms with Crippen molar-refractivity contribution in [3.63, 3.8) is 0 Å². The van der Waals surface area contributed by atoms with Crippen LogP contribution >= 0.6 is 0 Å². The zero-order chi connectivity index (χ0) is 19.0. The maximum Gasteiger partial charge on any atom is 0.251 e. The van der Waals surface area contributed by atoms with E-state index in [-0.39, 0.29) is 28.5 Å². The van der Waals surface area contributed by atoms with Crippen molar-refractivity contribution in [1.82, 2.24) is 10.0 Å². The van der Waals surface area contributed by atoms with Gasteiger partial charge in [0.2, 0.25) is 10.0 Å². The van der Waals surface area contributed by atoms with Gasteiger partial charge in [0.05, 0.1) is 4.90 Å². The Morgan fingerprint density at radius 1 is 1.15 bits per heavy atom. The molecule has 2 aromatic rings. The summed E-state index contributed by atoms with van der Waals surface area (Å²) in [6.45, 7) is 0.770. The second-order valence-corrected chi connectivity index (χ2v) is 7.31. The van der Waals surface area contributed by atoms with Gasteiger partial charge in [0, 0.05) is 37.9 Å². The van der Waals surface area contributed by atoms with Gasteiger partial charge in [-0.25, -0.2) is 17.5 Å². The van der Waals surface area contributed by atoms with Gasteiger partial charge in [-0.3, -0.25) is 4.79 Å². The molecule has 2 rings (SSSR count). The lowest BCUT2D eigenvalue weighted by Gasteiger charge is -2.09. The molecule has 2 aromatic carbocycles. The van der Waals surface area contributed by atoms with E-state index in [9.17, 15) is 17.6 Å². The first-order valence-electron chi connectivity index (χ1n) is 8.04. The van der Waals surface area contributed by atoms with E-state index in [1.54, 1.807) is 13.2 Å². The highest BCUT2D eigenvalue weighted by Gasteiger charge is 2.16. The van der Waals surface area contributed by atoms with Gasteiger partial charge in [-0.15, -0.1) is 0 Å². The first-order valence-corrected chi connectivity index (χ1v) is 9.52. The average molecular weight is 380 g/mol. The minimum Gasteiger partial charge on any atom is -0.385 e. The molecule has 1 amide bonds. The van der Waals surface area contributed by atoms with Crippen LogP contribution in [0.5, 0.6) is 0 Å². The molecule has 6 nitrogen and oxygen atoms in total. The van der Waals surface area contributed by atoms with Crippen molar-refractivity contribution < 1.29 is 22.3 Å². The van der Waals surface area contributed by atoms with Crippen molar-refractivity contribution in [2.24, 2.45) is 0 Å². The van der Waals surface area contributed by atoms with Gasteiger partial charge in [0.1, 0.15) is 5.82 Å². The third kappa shape index (κ3) is 5.62. The van der Waals surface area contributed by atoms with Crippen molar-refractivity contribution in [3.8, 4) is 0 Å². The normalized spacial score (nSPS) is 11.3. The largest absolute Gasteiger partial charge is 0.385 e. The highest BCUT2D eigenvalue weighted by molar-refractivity contribution is 7.89. The van der Waals surface area contributed by atoms with E-state index in [0.29, 0.717) is 19.6 Å². The zero-order valence-electron chi connectivity index (χ0n) is 14.4. The van der Waals surface area contributed by atoms with E-state index in [1.165, 1.54) is 42.5 Å². The SMILES string of the molecule is COCCCNC(=O)c1cccc(S(=O)(=O)NCc2ccccc2F)c1. The Hall–Kier alpha value is -2.29. The molecule has 0 fully saturated rings. The third-order valence-electron chi connectivity index (χ3n) is 3.63. The van der Waals surface area contributed by atoms with E-state index < -0.39 is 15.8 Å². The van der Waals surface area contributed by atoms with Crippen LogP contribution in [0.25, 0.3) is 0 Å². The second kappa shape index (κ2) is 9.42. The summed E-state index contributed by atoms with van der Waals surface area (Å²) in [6, 6.07) is 11.6. The average Bonchev–Trinajstić information content (AvgIpc) is 2.64. The summed E-state index contributed by atoms with van der Waals surface area (Å²) < 4.78 is 45.7. The minimum atomic E-state index is -3.88. The Morgan fingerprint density at radius 2 is 1.92 bits per heavy atom. The highest BCUT2D eigenvalue weighted by atomic mass is 32.2. The fourth-order valence-electron chi connectivity index (χ4n) is 2.22. The number of sulfonamides is 1. The molecule has 0 atom stereocenters. The number of benzene rings is 2. The summed E-state index contributed by atoms with van der Waals surface area (Å²) in [5, 5.41) is 2.69. The lowest BCUT2D eigenvalue weighted by molar-refractivity contribution is 0.0948. The maximum absolute atomic E-state index is 13.6. The molecule has 0 aliphatic carbocycles. The fourth-order valence-corrected chi connectivity index (χ4v) is 3.27. The van der Waals surface area contributed by atoms with E-state index in [1.807, 2.05) is 0 Å². The molecule has 0 radical (unpaired) electrons. The van der Waals surface area contributed by atoms with Crippen molar-refractivity contribution in [2.75, 3.05) is 20.3 Å². The molecular formula is C18H21FN2O4S. The van der Waals surface area contributed by atoms with Crippen molar-refractivity contribution in [1.29, 1.82) is 0 Å². The number of carbonyl (C=O) groups excluding carboxylic acids is 1. The molecule has 0 aliphatic heterocycles. The molecule has 0 bridgehead atoms. The van der Waals surface area contributed by atoms with Gasteiger partial charge in [-0.05, 0) is 30.7 Å². The van der Waals surface area contributed by atoms with Crippen LogP contribution in [0.2, 0.25) is 0 Å². The monoisotopic (exact) mass is 380 g/mol. The molecule has 0 unspecified atom stereocenters. The molecule has 0 saturated heterocycles. The summed E-state index contributed by atoms with van der Waals surface area (Å²) in [5.74, 6) is -0.855. The predicted octanol–water partition coefficient (Wildman–Crippen LogP) is 2.07. The number of halogens is 1. The predicted molar refractivity (Wildman–Crippen MR) is 95.7 cm³/mol. The van der Waals surface area contributed by atoms with Crippen molar-refractivity contribution in [2.45, 2.75) is 17.9 Å². The number of nitrogens with one attached hydrogen (secondary N) is 2. The van der Waals surface area contributed by atoms with E-state index in [0.717, 1.165) is 0 Å². The quantitative estimate of drug-likeness (QED) is 0.653. The van der Waals surface area contributed by atoms with Gasteiger partial charge < -0.3 is 10.1 Å². The van der Waals surface area contributed by atoms with E-state index in [2.05, 4.69) is 10.0 Å². The van der Waals surface area contributed by atoms with Crippen LogP contribution in [0.4, 0.5) is 4.39 Å². The van der Waals surface area contributed by atoms with Gasteiger partial charge in [0.25, 0.3) is 5.91 Å². The molecule has 140 valence electrons.